The first-order valence-electron chi connectivity index (χ1n) is 8.47. The fourth-order valence-corrected chi connectivity index (χ4v) is 5.87. The third kappa shape index (κ3) is 3.10. The van der Waals surface area contributed by atoms with Crippen molar-refractivity contribution >= 4 is 32.3 Å². The summed E-state index contributed by atoms with van der Waals surface area (Å²) in [4.78, 5) is 4.53. The quantitative estimate of drug-likeness (QED) is 0.734. The lowest BCUT2D eigenvalue weighted by molar-refractivity contribution is 0.433. The van der Waals surface area contributed by atoms with Crippen LogP contribution in [0.25, 0.3) is 10.9 Å². The Labute approximate surface area is 152 Å². The van der Waals surface area contributed by atoms with Crippen LogP contribution in [0.1, 0.15) is 31.2 Å². The minimum atomic E-state index is -3.61. The molecule has 2 heterocycles. The number of thiophene rings is 1. The van der Waals surface area contributed by atoms with E-state index in [-0.39, 0.29) is 10.3 Å². The highest BCUT2D eigenvalue weighted by Crippen LogP contribution is 2.41. The first-order valence-corrected chi connectivity index (χ1v) is 10.9. The van der Waals surface area contributed by atoms with E-state index in [1.807, 2.05) is 18.2 Å². The normalized spacial score (nSPS) is 17.1. The van der Waals surface area contributed by atoms with Crippen molar-refractivity contribution in [3.63, 3.8) is 0 Å². The number of para-hydroxylation sites is 1. The molecule has 0 atom stereocenters. The lowest BCUT2D eigenvalue weighted by Gasteiger charge is -2.28. The molecule has 0 spiro atoms. The van der Waals surface area contributed by atoms with Gasteiger partial charge in [-0.25, -0.2) is 13.1 Å². The molecule has 1 N–H and O–H groups in total. The van der Waals surface area contributed by atoms with Crippen molar-refractivity contribution in [1.29, 1.82) is 0 Å². The van der Waals surface area contributed by atoms with E-state index in [0.29, 0.717) is 12.1 Å². The number of nitrogens with zero attached hydrogens (tertiary/aromatic N) is 1. The molecule has 1 saturated carbocycles. The minimum Gasteiger partial charge on any atom is -0.255 e. The molecule has 0 bridgehead atoms. The van der Waals surface area contributed by atoms with Crippen LogP contribution in [-0.2, 0) is 15.4 Å². The highest BCUT2D eigenvalue weighted by Gasteiger charge is 2.37. The summed E-state index contributed by atoms with van der Waals surface area (Å²) >= 11 is 1.67. The first kappa shape index (κ1) is 16.7. The molecule has 1 aromatic carbocycles. The number of hydrogen-bond donors (Lipinski definition) is 1. The molecule has 0 unspecified atom stereocenters. The van der Waals surface area contributed by atoms with E-state index in [2.05, 4.69) is 26.5 Å². The topological polar surface area (TPSA) is 59.1 Å². The number of sulfonamides is 1. The fourth-order valence-electron chi connectivity index (χ4n) is 3.79. The summed E-state index contributed by atoms with van der Waals surface area (Å²) < 4.78 is 28.8. The molecule has 1 aliphatic rings. The van der Waals surface area contributed by atoms with Gasteiger partial charge in [-0.3, -0.25) is 4.98 Å². The number of aromatic nitrogens is 1. The summed E-state index contributed by atoms with van der Waals surface area (Å²) in [5, 5.41) is 5.05. The van der Waals surface area contributed by atoms with Crippen LogP contribution in [0.3, 0.4) is 0 Å². The van der Waals surface area contributed by atoms with Gasteiger partial charge in [0.05, 0.1) is 5.52 Å². The fraction of sp³-hybridized carbons (Fsp3) is 0.316. The second-order valence-corrected chi connectivity index (χ2v) is 9.17. The van der Waals surface area contributed by atoms with Crippen molar-refractivity contribution in [3.05, 3.63) is 58.9 Å². The zero-order valence-electron chi connectivity index (χ0n) is 13.8. The maximum absolute atomic E-state index is 13.0. The Morgan fingerprint density at radius 2 is 1.92 bits per heavy atom. The molecule has 0 aliphatic heterocycles. The van der Waals surface area contributed by atoms with E-state index < -0.39 is 10.0 Å². The average Bonchev–Trinajstić information content (AvgIpc) is 3.32. The van der Waals surface area contributed by atoms with Gasteiger partial charge in [0, 0.05) is 23.5 Å². The standard InChI is InChI=1S/C19H20N2O2S2/c22-25(23,17-7-3-5-15-6-4-11-20-18(15)17)21-14-19(9-1-2-10-19)16-8-12-24-13-16/h3-8,11-13,21H,1-2,9-10,14H2. The Bertz CT molecular complexity index is 970. The van der Waals surface area contributed by atoms with Gasteiger partial charge in [0.2, 0.25) is 10.0 Å². The van der Waals surface area contributed by atoms with Gasteiger partial charge in [-0.15, -0.1) is 0 Å². The number of rotatable bonds is 5. The number of fused-ring (bicyclic) bond motifs is 1. The predicted molar refractivity (Wildman–Crippen MR) is 101 cm³/mol. The van der Waals surface area contributed by atoms with Crippen LogP contribution in [0.2, 0.25) is 0 Å². The van der Waals surface area contributed by atoms with Crippen LogP contribution < -0.4 is 4.72 Å². The van der Waals surface area contributed by atoms with Gasteiger partial charge < -0.3 is 0 Å². The second kappa shape index (κ2) is 6.52. The Balaban J connectivity index is 1.65. The number of hydrogen-bond acceptors (Lipinski definition) is 4. The lowest BCUT2D eigenvalue weighted by atomic mass is 9.81. The monoisotopic (exact) mass is 372 g/mol. The zero-order valence-corrected chi connectivity index (χ0v) is 15.4. The van der Waals surface area contributed by atoms with E-state index in [4.69, 9.17) is 0 Å². The van der Waals surface area contributed by atoms with Crippen molar-refractivity contribution in [2.45, 2.75) is 36.0 Å². The number of nitrogens with one attached hydrogen (secondary N) is 1. The maximum Gasteiger partial charge on any atom is 0.242 e. The van der Waals surface area contributed by atoms with Crippen LogP contribution in [0.5, 0.6) is 0 Å². The third-order valence-electron chi connectivity index (χ3n) is 5.18. The minimum absolute atomic E-state index is 0.0783. The second-order valence-electron chi connectivity index (χ2n) is 6.66. The molecule has 1 aliphatic carbocycles. The van der Waals surface area contributed by atoms with Crippen LogP contribution in [-0.4, -0.2) is 19.9 Å². The zero-order chi connectivity index (χ0) is 17.3. The van der Waals surface area contributed by atoms with E-state index in [9.17, 15) is 8.42 Å². The Hall–Kier alpha value is -1.76. The molecule has 4 rings (SSSR count). The van der Waals surface area contributed by atoms with E-state index in [0.717, 1.165) is 31.1 Å². The van der Waals surface area contributed by atoms with Crippen molar-refractivity contribution < 1.29 is 8.42 Å². The lowest BCUT2D eigenvalue weighted by Crippen LogP contribution is -2.38. The van der Waals surface area contributed by atoms with E-state index in [1.54, 1.807) is 29.7 Å². The van der Waals surface area contributed by atoms with Crippen LogP contribution in [0.4, 0.5) is 0 Å². The molecule has 6 heteroatoms. The van der Waals surface area contributed by atoms with Crippen molar-refractivity contribution in [2.24, 2.45) is 0 Å². The Kier molecular flexibility index (Phi) is 4.35. The van der Waals surface area contributed by atoms with Crippen LogP contribution in [0.15, 0.2) is 58.3 Å². The summed E-state index contributed by atoms with van der Waals surface area (Å²) in [5.74, 6) is 0. The van der Waals surface area contributed by atoms with Gasteiger partial charge >= 0.3 is 0 Å². The molecule has 130 valence electrons. The maximum atomic E-state index is 13.0. The van der Waals surface area contributed by atoms with Gasteiger partial charge in [-0.05, 0) is 47.4 Å². The first-order chi connectivity index (χ1) is 12.1. The van der Waals surface area contributed by atoms with E-state index >= 15 is 0 Å². The van der Waals surface area contributed by atoms with E-state index in [1.165, 1.54) is 5.56 Å². The molecule has 25 heavy (non-hydrogen) atoms. The largest absolute Gasteiger partial charge is 0.255 e. The molecule has 0 saturated heterocycles. The number of benzene rings is 1. The Morgan fingerprint density at radius 1 is 1.12 bits per heavy atom. The third-order valence-corrected chi connectivity index (χ3v) is 7.30. The van der Waals surface area contributed by atoms with Crippen LogP contribution in [0, 0.1) is 0 Å². The molecular formula is C19H20N2O2S2. The van der Waals surface area contributed by atoms with Crippen LogP contribution >= 0.6 is 11.3 Å². The van der Waals surface area contributed by atoms with Crippen molar-refractivity contribution in [2.75, 3.05) is 6.54 Å². The molecule has 0 radical (unpaired) electrons. The molecule has 1 fully saturated rings. The van der Waals surface area contributed by atoms with Gasteiger partial charge in [0.1, 0.15) is 4.90 Å². The summed E-state index contributed by atoms with van der Waals surface area (Å²) in [6, 6.07) is 11.1. The van der Waals surface area contributed by atoms with Gasteiger partial charge in [-0.1, -0.05) is 31.0 Å². The smallest absolute Gasteiger partial charge is 0.242 e. The molecule has 2 aromatic heterocycles. The SMILES string of the molecule is O=S(=O)(NCC1(c2ccsc2)CCCC1)c1cccc2cccnc12. The molecule has 0 amide bonds. The average molecular weight is 373 g/mol. The van der Waals surface area contributed by atoms with Crippen molar-refractivity contribution in [1.82, 2.24) is 9.71 Å². The molecule has 4 nitrogen and oxygen atoms in total. The Morgan fingerprint density at radius 3 is 2.68 bits per heavy atom. The predicted octanol–water partition coefficient (Wildman–Crippen LogP) is 4.09. The summed E-state index contributed by atoms with van der Waals surface area (Å²) in [6.45, 7) is 0.440. The summed E-state index contributed by atoms with van der Waals surface area (Å²) in [7, 11) is -3.61. The van der Waals surface area contributed by atoms with Crippen molar-refractivity contribution in [3.8, 4) is 0 Å². The molecular weight excluding hydrogens is 352 g/mol. The van der Waals surface area contributed by atoms with Gasteiger partial charge in [-0.2, -0.15) is 11.3 Å². The summed E-state index contributed by atoms with van der Waals surface area (Å²) in [6.07, 6.45) is 5.98. The highest BCUT2D eigenvalue weighted by atomic mass is 32.2. The highest BCUT2D eigenvalue weighted by molar-refractivity contribution is 7.89. The summed E-state index contributed by atoms with van der Waals surface area (Å²) in [5.41, 5.74) is 1.70. The van der Waals surface area contributed by atoms with Gasteiger partial charge in [0.15, 0.2) is 0 Å². The van der Waals surface area contributed by atoms with Gasteiger partial charge in [0.25, 0.3) is 0 Å². The molecule has 3 aromatic rings. The number of pyridine rings is 1.